The average Bonchev–Trinajstić information content (AvgIpc) is 3.20. The van der Waals surface area contributed by atoms with Crippen molar-refractivity contribution in [3.8, 4) is 0 Å². The Kier molecular flexibility index (Phi) is 8.58. The third-order valence-electron chi connectivity index (χ3n) is 5.28. The highest BCUT2D eigenvalue weighted by molar-refractivity contribution is 7.89. The zero-order valence-electron chi connectivity index (χ0n) is 18.3. The number of amidine groups is 1. The van der Waals surface area contributed by atoms with Gasteiger partial charge in [-0.2, -0.15) is 0 Å². The second kappa shape index (κ2) is 10.7. The first kappa shape index (κ1) is 24.8. The largest absolute Gasteiger partial charge is 0.384 e. The maximum Gasteiger partial charge on any atom is 0.243 e. The van der Waals surface area contributed by atoms with Gasteiger partial charge < -0.3 is 16.0 Å². The molecule has 0 aliphatic carbocycles. The molecule has 1 aromatic rings. The summed E-state index contributed by atoms with van der Waals surface area (Å²) in [5.74, 6) is -0.634. The monoisotopic (exact) mass is 451 g/mol. The number of nitrogens with zero attached hydrogens (tertiary/aromatic N) is 1. The Morgan fingerprint density at radius 1 is 1.26 bits per heavy atom. The Hall–Kier alpha value is -2.46. The van der Waals surface area contributed by atoms with Gasteiger partial charge in [-0.15, -0.1) is 0 Å². The fraction of sp³-hybridized carbons (Fsp3) is 0.571. The average molecular weight is 452 g/mol. The number of benzene rings is 1. The lowest BCUT2D eigenvalue weighted by Crippen LogP contribution is -2.53. The van der Waals surface area contributed by atoms with Crippen molar-refractivity contribution >= 4 is 27.7 Å². The summed E-state index contributed by atoms with van der Waals surface area (Å²) in [7, 11) is -3.55. The molecule has 1 heterocycles. The SMILES string of the molecule is CCS(=O)(=O)NC(CC(C)C)C(=O)N1CCC[C@H]1C(=O)NCc1ccc(C(=N)N)cc1. The van der Waals surface area contributed by atoms with Crippen molar-refractivity contribution in [2.45, 2.75) is 58.7 Å². The van der Waals surface area contributed by atoms with Gasteiger partial charge in [-0.3, -0.25) is 15.0 Å². The van der Waals surface area contributed by atoms with E-state index in [9.17, 15) is 18.0 Å². The van der Waals surface area contributed by atoms with Crippen LogP contribution in [0, 0.1) is 11.3 Å². The lowest BCUT2D eigenvalue weighted by atomic mass is 10.0. The summed E-state index contributed by atoms with van der Waals surface area (Å²) in [4.78, 5) is 27.4. The molecule has 2 amide bonds. The number of rotatable bonds is 10. The number of hydrogen-bond donors (Lipinski definition) is 4. The molecule has 9 nitrogen and oxygen atoms in total. The zero-order chi connectivity index (χ0) is 23.2. The molecule has 0 saturated carbocycles. The molecule has 0 bridgehead atoms. The van der Waals surface area contributed by atoms with Crippen LogP contribution < -0.4 is 15.8 Å². The molecule has 0 aromatic heterocycles. The molecule has 1 fully saturated rings. The fourth-order valence-corrected chi connectivity index (χ4v) is 4.38. The minimum Gasteiger partial charge on any atom is -0.384 e. The second-order valence-electron chi connectivity index (χ2n) is 8.22. The summed E-state index contributed by atoms with van der Waals surface area (Å²) in [5, 5.41) is 10.3. The van der Waals surface area contributed by atoms with E-state index < -0.39 is 22.1 Å². The number of likely N-dealkylation sites (tertiary alicyclic amines) is 1. The van der Waals surface area contributed by atoms with Crippen molar-refractivity contribution in [3.63, 3.8) is 0 Å². The summed E-state index contributed by atoms with van der Waals surface area (Å²) in [6.07, 6.45) is 1.59. The van der Waals surface area contributed by atoms with Crippen LogP contribution in [-0.4, -0.2) is 55.3 Å². The summed E-state index contributed by atoms with van der Waals surface area (Å²) in [6, 6.07) is 5.50. The van der Waals surface area contributed by atoms with E-state index >= 15 is 0 Å². The molecule has 172 valence electrons. The normalized spacial score (nSPS) is 17.5. The molecule has 1 aromatic carbocycles. The predicted octanol–water partition coefficient (Wildman–Crippen LogP) is 0.932. The molecule has 1 aliphatic heterocycles. The van der Waals surface area contributed by atoms with Gasteiger partial charge in [-0.25, -0.2) is 13.1 Å². The summed E-state index contributed by atoms with van der Waals surface area (Å²) < 4.78 is 26.6. The van der Waals surface area contributed by atoms with Crippen molar-refractivity contribution in [1.82, 2.24) is 14.9 Å². The molecule has 0 radical (unpaired) electrons. The van der Waals surface area contributed by atoms with E-state index in [-0.39, 0.29) is 35.9 Å². The van der Waals surface area contributed by atoms with Crippen molar-refractivity contribution < 1.29 is 18.0 Å². The highest BCUT2D eigenvalue weighted by atomic mass is 32.2. The van der Waals surface area contributed by atoms with E-state index in [1.165, 1.54) is 11.8 Å². The molecule has 10 heteroatoms. The second-order valence-corrected chi connectivity index (χ2v) is 10.3. The van der Waals surface area contributed by atoms with Crippen molar-refractivity contribution in [2.24, 2.45) is 11.7 Å². The van der Waals surface area contributed by atoms with Crippen LogP contribution in [0.25, 0.3) is 0 Å². The van der Waals surface area contributed by atoms with E-state index in [2.05, 4.69) is 10.0 Å². The van der Waals surface area contributed by atoms with E-state index in [0.29, 0.717) is 31.4 Å². The maximum absolute atomic E-state index is 13.2. The third kappa shape index (κ3) is 7.03. The topological polar surface area (TPSA) is 145 Å². The number of amides is 2. The van der Waals surface area contributed by atoms with Gasteiger partial charge in [0.25, 0.3) is 0 Å². The van der Waals surface area contributed by atoms with Crippen LogP contribution in [0.4, 0.5) is 0 Å². The minimum atomic E-state index is -3.55. The number of nitrogens with one attached hydrogen (secondary N) is 3. The van der Waals surface area contributed by atoms with Crippen LogP contribution in [-0.2, 0) is 26.2 Å². The molecule has 5 N–H and O–H groups in total. The summed E-state index contributed by atoms with van der Waals surface area (Å²) >= 11 is 0. The van der Waals surface area contributed by atoms with Crippen LogP contribution >= 0.6 is 0 Å². The van der Waals surface area contributed by atoms with Crippen LogP contribution in [0.5, 0.6) is 0 Å². The standard InChI is InChI=1S/C21H33N5O4S/c1-4-31(29,30)25-17(12-14(2)3)21(28)26-11-5-6-18(26)20(27)24-13-15-7-9-16(10-8-15)19(22)23/h7-10,14,17-18,25H,4-6,11-13H2,1-3H3,(H3,22,23)(H,24,27)/t17?,18-/m0/s1. The van der Waals surface area contributed by atoms with Crippen molar-refractivity contribution in [3.05, 3.63) is 35.4 Å². The molecule has 2 rings (SSSR count). The van der Waals surface area contributed by atoms with Crippen LogP contribution in [0.2, 0.25) is 0 Å². The van der Waals surface area contributed by atoms with Crippen molar-refractivity contribution in [2.75, 3.05) is 12.3 Å². The number of nitrogens with two attached hydrogens (primary N) is 1. The lowest BCUT2D eigenvalue weighted by Gasteiger charge is -2.29. The molecule has 2 atom stereocenters. The Bertz CT molecular complexity index is 899. The first-order valence-corrected chi connectivity index (χ1v) is 12.2. The smallest absolute Gasteiger partial charge is 0.243 e. The lowest BCUT2D eigenvalue weighted by molar-refractivity contribution is -0.140. The van der Waals surface area contributed by atoms with Gasteiger partial charge in [0.2, 0.25) is 21.8 Å². The van der Waals surface area contributed by atoms with Crippen LogP contribution in [0.1, 0.15) is 51.2 Å². The number of nitrogen functional groups attached to an aromatic ring is 1. The highest BCUT2D eigenvalue weighted by Crippen LogP contribution is 2.21. The number of sulfonamides is 1. The van der Waals surface area contributed by atoms with E-state index in [4.69, 9.17) is 11.1 Å². The molecule has 0 spiro atoms. The first-order valence-electron chi connectivity index (χ1n) is 10.6. The van der Waals surface area contributed by atoms with Crippen LogP contribution in [0.15, 0.2) is 24.3 Å². The molecular weight excluding hydrogens is 418 g/mol. The minimum absolute atomic E-state index is 0.0228. The van der Waals surface area contributed by atoms with E-state index in [1.807, 2.05) is 13.8 Å². The Morgan fingerprint density at radius 2 is 1.90 bits per heavy atom. The predicted molar refractivity (Wildman–Crippen MR) is 120 cm³/mol. The first-order chi connectivity index (χ1) is 14.5. The fourth-order valence-electron chi connectivity index (χ4n) is 3.58. The molecule has 1 unspecified atom stereocenters. The Labute approximate surface area is 184 Å². The Balaban J connectivity index is 2.05. The maximum atomic E-state index is 13.2. The van der Waals surface area contributed by atoms with E-state index in [0.717, 1.165) is 5.56 Å². The van der Waals surface area contributed by atoms with Gasteiger partial charge in [0, 0.05) is 18.7 Å². The highest BCUT2D eigenvalue weighted by Gasteiger charge is 2.38. The van der Waals surface area contributed by atoms with Gasteiger partial charge in [0.1, 0.15) is 17.9 Å². The molecule has 1 aliphatic rings. The van der Waals surface area contributed by atoms with Gasteiger partial charge in [0.05, 0.1) is 5.75 Å². The third-order valence-corrected chi connectivity index (χ3v) is 6.68. The quantitative estimate of drug-likeness (QED) is 0.309. The van der Waals surface area contributed by atoms with Gasteiger partial charge in [-0.1, -0.05) is 38.1 Å². The van der Waals surface area contributed by atoms with Crippen LogP contribution in [0.3, 0.4) is 0 Å². The van der Waals surface area contributed by atoms with E-state index in [1.54, 1.807) is 24.3 Å². The van der Waals surface area contributed by atoms with Gasteiger partial charge in [-0.05, 0) is 37.7 Å². The number of carbonyl (C=O) groups is 2. The molecule has 1 saturated heterocycles. The summed E-state index contributed by atoms with van der Waals surface area (Å²) in [6.45, 7) is 6.08. The number of carbonyl (C=O) groups excluding carboxylic acids is 2. The zero-order valence-corrected chi connectivity index (χ0v) is 19.2. The summed E-state index contributed by atoms with van der Waals surface area (Å²) in [5.41, 5.74) is 6.90. The Morgan fingerprint density at radius 3 is 2.45 bits per heavy atom. The van der Waals surface area contributed by atoms with Crippen molar-refractivity contribution in [1.29, 1.82) is 5.41 Å². The molecule has 31 heavy (non-hydrogen) atoms. The van der Waals surface area contributed by atoms with Gasteiger partial charge in [0.15, 0.2) is 0 Å². The molecular formula is C21H33N5O4S. The van der Waals surface area contributed by atoms with Gasteiger partial charge >= 0.3 is 0 Å². The number of hydrogen-bond acceptors (Lipinski definition) is 5.